The second kappa shape index (κ2) is 4.83. The van der Waals surface area contributed by atoms with Gasteiger partial charge in [0.25, 0.3) is 0 Å². The van der Waals surface area contributed by atoms with Gasteiger partial charge in [-0.25, -0.2) is 0 Å². The first-order valence-electron chi connectivity index (χ1n) is 5.60. The first kappa shape index (κ1) is 12.0. The number of nitrogens with one attached hydrogen (secondary N) is 1. The number of hydrogen-bond donors (Lipinski definition) is 4. The van der Waals surface area contributed by atoms with Crippen molar-refractivity contribution in [2.45, 2.75) is 25.0 Å². The third kappa shape index (κ3) is 2.46. The molecule has 0 aromatic heterocycles. The van der Waals surface area contributed by atoms with Gasteiger partial charge in [0, 0.05) is 5.69 Å². The van der Waals surface area contributed by atoms with Gasteiger partial charge in [-0.1, -0.05) is 12.1 Å². The second-order valence-electron chi connectivity index (χ2n) is 4.23. The quantitative estimate of drug-likeness (QED) is 0.588. The third-order valence-corrected chi connectivity index (χ3v) is 2.92. The Morgan fingerprint density at radius 2 is 2.18 bits per heavy atom. The number of amides is 1. The van der Waals surface area contributed by atoms with Crippen LogP contribution in [0.3, 0.4) is 0 Å². The topological polar surface area (TPSA) is 95.6 Å². The smallest absolute Gasteiger partial charge is 0.228 e. The molecule has 1 aliphatic heterocycles. The fourth-order valence-corrected chi connectivity index (χ4v) is 1.98. The summed E-state index contributed by atoms with van der Waals surface area (Å²) in [5, 5.41) is 22.3. The van der Waals surface area contributed by atoms with Crippen molar-refractivity contribution < 1.29 is 15.0 Å². The molecule has 0 bridgehead atoms. The number of benzene rings is 1. The van der Waals surface area contributed by atoms with Crippen LogP contribution in [0.4, 0.5) is 5.69 Å². The van der Waals surface area contributed by atoms with Gasteiger partial charge in [0.2, 0.25) is 5.91 Å². The van der Waals surface area contributed by atoms with Crippen LogP contribution in [-0.2, 0) is 11.2 Å². The molecule has 5 nitrogen and oxygen atoms in total. The maximum Gasteiger partial charge on any atom is 0.228 e. The van der Waals surface area contributed by atoms with Gasteiger partial charge in [-0.15, -0.1) is 0 Å². The Balaban J connectivity index is 2.18. The fourth-order valence-electron chi connectivity index (χ4n) is 1.98. The highest BCUT2D eigenvalue weighted by Gasteiger charge is 2.22. The summed E-state index contributed by atoms with van der Waals surface area (Å²) in [6.07, 6.45) is -1.17. The summed E-state index contributed by atoms with van der Waals surface area (Å²) in [6, 6.07) is 5.19. The summed E-state index contributed by atoms with van der Waals surface area (Å²) in [4.78, 5) is 11.2. The highest BCUT2D eigenvalue weighted by Crippen LogP contribution is 2.28. The average molecular weight is 236 g/mol. The Hall–Kier alpha value is -1.43. The molecule has 0 saturated heterocycles. The van der Waals surface area contributed by atoms with Gasteiger partial charge in [-0.2, -0.15) is 0 Å². The van der Waals surface area contributed by atoms with Gasteiger partial charge < -0.3 is 21.3 Å². The summed E-state index contributed by atoms with van der Waals surface area (Å²) >= 11 is 0. The summed E-state index contributed by atoms with van der Waals surface area (Å²) < 4.78 is 0. The molecule has 5 heteroatoms. The predicted molar refractivity (Wildman–Crippen MR) is 63.4 cm³/mol. The van der Waals surface area contributed by atoms with Crippen LogP contribution in [0.5, 0.6) is 0 Å². The molecule has 1 heterocycles. The molecular formula is C12H16N2O3. The van der Waals surface area contributed by atoms with Crippen molar-refractivity contribution in [2.24, 2.45) is 5.73 Å². The number of rotatable bonds is 4. The molecule has 2 atom stereocenters. The summed E-state index contributed by atoms with van der Waals surface area (Å²) in [6.45, 7) is 0.323. The second-order valence-corrected chi connectivity index (χ2v) is 4.23. The molecule has 2 rings (SSSR count). The number of aliphatic hydroxyl groups excluding tert-OH is 2. The molecule has 0 radical (unpaired) electrons. The number of nitrogens with two attached hydrogens (primary N) is 1. The Bertz CT molecular complexity index is 434. The van der Waals surface area contributed by atoms with E-state index in [-0.39, 0.29) is 5.91 Å². The van der Waals surface area contributed by atoms with E-state index in [2.05, 4.69) is 5.32 Å². The number of carbonyl (C=O) groups is 1. The molecule has 0 saturated carbocycles. The minimum Gasteiger partial charge on any atom is -0.390 e. The van der Waals surface area contributed by atoms with Crippen LogP contribution in [0.1, 0.15) is 23.7 Å². The predicted octanol–water partition coefficient (Wildman–Crippen LogP) is -0.0757. The van der Waals surface area contributed by atoms with Crippen LogP contribution in [0.15, 0.2) is 18.2 Å². The molecule has 5 N–H and O–H groups in total. The van der Waals surface area contributed by atoms with E-state index < -0.39 is 12.2 Å². The molecule has 0 fully saturated rings. The summed E-state index contributed by atoms with van der Waals surface area (Å²) in [7, 11) is 0. The van der Waals surface area contributed by atoms with E-state index in [1.807, 2.05) is 0 Å². The zero-order valence-corrected chi connectivity index (χ0v) is 9.39. The lowest BCUT2D eigenvalue weighted by Crippen LogP contribution is -2.21. The van der Waals surface area contributed by atoms with Gasteiger partial charge in [0.05, 0.1) is 12.5 Å². The minimum atomic E-state index is -0.959. The van der Waals surface area contributed by atoms with Crippen molar-refractivity contribution in [3.05, 3.63) is 29.3 Å². The molecule has 0 aliphatic carbocycles. The van der Waals surface area contributed by atoms with Crippen LogP contribution in [0.25, 0.3) is 0 Å². The highest BCUT2D eigenvalue weighted by molar-refractivity contribution is 5.99. The number of aliphatic hydroxyl groups is 2. The molecule has 1 amide bonds. The first-order chi connectivity index (χ1) is 8.11. The first-order valence-corrected chi connectivity index (χ1v) is 5.60. The monoisotopic (exact) mass is 236 g/mol. The Labute approximate surface area is 99.3 Å². The molecule has 2 unspecified atom stereocenters. The normalized spacial score (nSPS) is 17.5. The van der Waals surface area contributed by atoms with Crippen LogP contribution in [0.2, 0.25) is 0 Å². The zero-order valence-electron chi connectivity index (χ0n) is 9.39. The van der Waals surface area contributed by atoms with Crippen LogP contribution < -0.4 is 11.1 Å². The number of fused-ring (bicyclic) bond motifs is 1. The molecule has 1 aromatic rings. The van der Waals surface area contributed by atoms with Crippen molar-refractivity contribution >= 4 is 11.6 Å². The van der Waals surface area contributed by atoms with E-state index in [0.717, 1.165) is 11.3 Å². The Morgan fingerprint density at radius 3 is 2.88 bits per heavy atom. The molecule has 1 aromatic carbocycles. The van der Waals surface area contributed by atoms with E-state index in [1.165, 1.54) is 0 Å². The Kier molecular flexibility index (Phi) is 3.42. The van der Waals surface area contributed by atoms with Gasteiger partial charge >= 0.3 is 0 Å². The van der Waals surface area contributed by atoms with Gasteiger partial charge in [0.1, 0.15) is 6.10 Å². The van der Waals surface area contributed by atoms with Crippen molar-refractivity contribution in [1.29, 1.82) is 0 Å². The van der Waals surface area contributed by atoms with Gasteiger partial charge in [0.15, 0.2) is 0 Å². The number of anilines is 1. The molecule has 17 heavy (non-hydrogen) atoms. The van der Waals surface area contributed by atoms with Gasteiger partial charge in [-0.05, 0) is 30.2 Å². The van der Waals surface area contributed by atoms with Crippen molar-refractivity contribution in [2.75, 3.05) is 11.9 Å². The Morgan fingerprint density at radius 1 is 1.41 bits per heavy atom. The van der Waals surface area contributed by atoms with E-state index in [4.69, 9.17) is 5.73 Å². The fraction of sp³-hybridized carbons (Fsp3) is 0.417. The maximum absolute atomic E-state index is 11.2. The lowest BCUT2D eigenvalue weighted by Gasteiger charge is -2.18. The SMILES string of the molecule is NCCC(O)C(O)c1ccc2c(c1)CC(=O)N2. The van der Waals surface area contributed by atoms with Crippen molar-refractivity contribution in [3.8, 4) is 0 Å². The molecular weight excluding hydrogens is 220 g/mol. The zero-order chi connectivity index (χ0) is 12.4. The number of carbonyl (C=O) groups excluding carboxylic acids is 1. The summed E-state index contributed by atoms with van der Waals surface area (Å²) in [5.74, 6) is -0.0471. The largest absolute Gasteiger partial charge is 0.390 e. The van der Waals surface area contributed by atoms with E-state index >= 15 is 0 Å². The maximum atomic E-state index is 11.2. The third-order valence-electron chi connectivity index (χ3n) is 2.92. The average Bonchev–Trinajstić information content (AvgIpc) is 2.67. The van der Waals surface area contributed by atoms with E-state index in [9.17, 15) is 15.0 Å². The van der Waals surface area contributed by atoms with Crippen LogP contribution in [0, 0.1) is 0 Å². The summed E-state index contributed by atoms with van der Waals surface area (Å²) in [5.41, 5.74) is 7.57. The molecule has 1 aliphatic rings. The lowest BCUT2D eigenvalue weighted by molar-refractivity contribution is -0.115. The van der Waals surface area contributed by atoms with Crippen molar-refractivity contribution in [3.63, 3.8) is 0 Å². The van der Waals surface area contributed by atoms with Gasteiger partial charge in [-0.3, -0.25) is 4.79 Å². The standard InChI is InChI=1S/C12H16N2O3/c13-4-3-10(15)12(17)7-1-2-9-8(5-7)6-11(16)14-9/h1-2,5,10,12,15,17H,3-4,6,13H2,(H,14,16). The van der Waals surface area contributed by atoms with E-state index in [0.29, 0.717) is 24.9 Å². The number of hydrogen-bond acceptors (Lipinski definition) is 4. The van der Waals surface area contributed by atoms with Crippen LogP contribution >= 0.6 is 0 Å². The minimum absolute atomic E-state index is 0.0471. The highest BCUT2D eigenvalue weighted by atomic mass is 16.3. The van der Waals surface area contributed by atoms with E-state index in [1.54, 1.807) is 18.2 Å². The van der Waals surface area contributed by atoms with Crippen molar-refractivity contribution in [1.82, 2.24) is 0 Å². The molecule has 92 valence electrons. The molecule has 0 spiro atoms. The lowest BCUT2D eigenvalue weighted by atomic mass is 9.99. The van der Waals surface area contributed by atoms with Crippen LogP contribution in [-0.4, -0.2) is 28.8 Å².